The Morgan fingerprint density at radius 1 is 1.18 bits per heavy atom. The summed E-state index contributed by atoms with van der Waals surface area (Å²) in [5, 5.41) is 3.00. The Morgan fingerprint density at radius 3 is 2.77 bits per heavy atom. The summed E-state index contributed by atoms with van der Waals surface area (Å²) in [5.41, 5.74) is 1.00. The van der Waals surface area contributed by atoms with Crippen molar-refractivity contribution in [1.82, 2.24) is 5.32 Å². The Kier molecular flexibility index (Phi) is 4.53. The third kappa shape index (κ3) is 3.54. The van der Waals surface area contributed by atoms with Gasteiger partial charge >= 0.3 is 0 Å². The van der Waals surface area contributed by atoms with Crippen LogP contribution in [0.4, 0.5) is 0 Å². The van der Waals surface area contributed by atoms with Crippen molar-refractivity contribution in [1.29, 1.82) is 0 Å². The summed E-state index contributed by atoms with van der Waals surface area (Å²) < 4.78 is 10.6. The standard InChI is InChI=1S/C17H17NO3S/c1-12(13-7-8-15-16(9-13)21-11-20-15)18-17(19)10-22-14-5-3-2-4-6-14/h2-9,12H,10-11H2,1H3,(H,18,19)/t12-/m0/s1. The SMILES string of the molecule is C[C@H](NC(=O)CSc1ccccc1)c1ccc2c(c1)OCO2. The van der Waals surface area contributed by atoms with Crippen molar-refractivity contribution in [2.75, 3.05) is 12.5 Å². The average molecular weight is 315 g/mol. The summed E-state index contributed by atoms with van der Waals surface area (Å²) in [7, 11) is 0. The summed E-state index contributed by atoms with van der Waals surface area (Å²) >= 11 is 1.53. The van der Waals surface area contributed by atoms with Gasteiger partial charge in [-0.3, -0.25) is 4.79 Å². The van der Waals surface area contributed by atoms with Crippen molar-refractivity contribution in [2.45, 2.75) is 17.9 Å². The molecule has 114 valence electrons. The lowest BCUT2D eigenvalue weighted by Crippen LogP contribution is -2.28. The van der Waals surface area contributed by atoms with E-state index in [2.05, 4.69) is 5.32 Å². The van der Waals surface area contributed by atoms with Crippen LogP contribution in [0.1, 0.15) is 18.5 Å². The van der Waals surface area contributed by atoms with Crippen LogP contribution in [0.2, 0.25) is 0 Å². The third-order valence-corrected chi connectivity index (χ3v) is 4.40. The normalized spacial score (nSPS) is 13.7. The molecule has 5 heteroatoms. The van der Waals surface area contributed by atoms with Gasteiger partial charge in [-0.05, 0) is 36.8 Å². The highest BCUT2D eigenvalue weighted by molar-refractivity contribution is 8.00. The zero-order valence-corrected chi connectivity index (χ0v) is 13.1. The van der Waals surface area contributed by atoms with Gasteiger partial charge in [-0.25, -0.2) is 0 Å². The molecule has 0 saturated carbocycles. The predicted molar refractivity (Wildman–Crippen MR) is 86.3 cm³/mol. The van der Waals surface area contributed by atoms with E-state index in [0.717, 1.165) is 22.0 Å². The van der Waals surface area contributed by atoms with Crippen molar-refractivity contribution < 1.29 is 14.3 Å². The van der Waals surface area contributed by atoms with Gasteiger partial charge in [-0.1, -0.05) is 24.3 Å². The number of hydrogen-bond donors (Lipinski definition) is 1. The lowest BCUT2D eigenvalue weighted by atomic mass is 10.1. The largest absolute Gasteiger partial charge is 0.454 e. The van der Waals surface area contributed by atoms with Crippen LogP contribution >= 0.6 is 11.8 Å². The Balaban J connectivity index is 1.55. The van der Waals surface area contributed by atoms with Crippen LogP contribution in [0.5, 0.6) is 11.5 Å². The van der Waals surface area contributed by atoms with Crippen LogP contribution in [-0.4, -0.2) is 18.5 Å². The fraction of sp³-hybridized carbons (Fsp3) is 0.235. The van der Waals surface area contributed by atoms with Crippen molar-refractivity contribution in [3.8, 4) is 11.5 Å². The number of carbonyl (C=O) groups is 1. The summed E-state index contributed by atoms with van der Waals surface area (Å²) in [6, 6.07) is 15.6. The van der Waals surface area contributed by atoms with Crippen molar-refractivity contribution in [3.63, 3.8) is 0 Å². The first-order valence-corrected chi connectivity index (χ1v) is 8.08. The number of thioether (sulfide) groups is 1. The summed E-state index contributed by atoms with van der Waals surface area (Å²) in [6.07, 6.45) is 0. The molecule has 1 aliphatic rings. The van der Waals surface area contributed by atoms with E-state index >= 15 is 0 Å². The number of hydrogen-bond acceptors (Lipinski definition) is 4. The van der Waals surface area contributed by atoms with Gasteiger partial charge in [-0.15, -0.1) is 11.8 Å². The van der Waals surface area contributed by atoms with Crippen LogP contribution in [0.3, 0.4) is 0 Å². The van der Waals surface area contributed by atoms with Crippen molar-refractivity contribution in [2.24, 2.45) is 0 Å². The number of fused-ring (bicyclic) bond motifs is 1. The maximum atomic E-state index is 12.0. The Labute approximate surface area is 133 Å². The van der Waals surface area contributed by atoms with E-state index in [4.69, 9.17) is 9.47 Å². The maximum Gasteiger partial charge on any atom is 0.231 e. The first-order chi connectivity index (χ1) is 10.7. The van der Waals surface area contributed by atoms with Crippen LogP contribution in [0.25, 0.3) is 0 Å². The molecule has 0 fully saturated rings. The predicted octanol–water partition coefficient (Wildman–Crippen LogP) is 3.38. The Morgan fingerprint density at radius 2 is 1.95 bits per heavy atom. The fourth-order valence-corrected chi connectivity index (χ4v) is 2.95. The Hall–Kier alpha value is -2.14. The van der Waals surface area contributed by atoms with Gasteiger partial charge in [0.15, 0.2) is 11.5 Å². The zero-order chi connectivity index (χ0) is 15.4. The number of benzene rings is 2. The van der Waals surface area contributed by atoms with E-state index < -0.39 is 0 Å². The molecule has 0 unspecified atom stereocenters. The minimum absolute atomic E-state index is 0.0130. The van der Waals surface area contributed by atoms with E-state index in [1.54, 1.807) is 0 Å². The topological polar surface area (TPSA) is 47.6 Å². The first kappa shape index (κ1) is 14.8. The maximum absolute atomic E-state index is 12.0. The van der Waals surface area contributed by atoms with E-state index in [0.29, 0.717) is 5.75 Å². The molecule has 0 saturated heterocycles. The van der Waals surface area contributed by atoms with Gasteiger partial charge in [-0.2, -0.15) is 0 Å². The highest BCUT2D eigenvalue weighted by atomic mass is 32.2. The smallest absolute Gasteiger partial charge is 0.231 e. The van der Waals surface area contributed by atoms with Gasteiger partial charge in [0.25, 0.3) is 0 Å². The average Bonchev–Trinajstić information content (AvgIpc) is 3.01. The Bertz CT molecular complexity index is 660. The minimum atomic E-state index is -0.0710. The number of ether oxygens (including phenoxy) is 2. The molecular formula is C17H17NO3S. The molecule has 1 N–H and O–H groups in total. The second-order valence-corrected chi connectivity index (χ2v) is 6.05. The number of nitrogens with one attached hydrogen (secondary N) is 1. The minimum Gasteiger partial charge on any atom is -0.454 e. The molecule has 0 bridgehead atoms. The summed E-state index contributed by atoms with van der Waals surface area (Å²) in [5.74, 6) is 1.90. The first-order valence-electron chi connectivity index (χ1n) is 7.09. The monoisotopic (exact) mass is 315 g/mol. The van der Waals surface area contributed by atoms with E-state index in [-0.39, 0.29) is 18.7 Å². The van der Waals surface area contributed by atoms with Crippen molar-refractivity contribution in [3.05, 3.63) is 54.1 Å². The molecule has 1 aliphatic heterocycles. The van der Waals surface area contributed by atoms with Gasteiger partial charge in [0, 0.05) is 4.90 Å². The molecule has 2 aromatic rings. The second kappa shape index (κ2) is 6.75. The molecule has 0 spiro atoms. The highest BCUT2D eigenvalue weighted by Crippen LogP contribution is 2.34. The van der Waals surface area contributed by atoms with Gasteiger partial charge in [0.2, 0.25) is 12.7 Å². The molecule has 1 amide bonds. The van der Waals surface area contributed by atoms with Crippen LogP contribution in [0.15, 0.2) is 53.4 Å². The number of rotatable bonds is 5. The molecule has 1 heterocycles. The molecular weight excluding hydrogens is 298 g/mol. The molecule has 0 aliphatic carbocycles. The molecule has 0 radical (unpaired) electrons. The van der Waals surface area contributed by atoms with Crippen LogP contribution < -0.4 is 14.8 Å². The molecule has 0 aromatic heterocycles. The molecule has 3 rings (SSSR count). The lowest BCUT2D eigenvalue weighted by molar-refractivity contribution is -0.119. The van der Waals surface area contributed by atoms with Gasteiger partial charge in [0.05, 0.1) is 11.8 Å². The highest BCUT2D eigenvalue weighted by Gasteiger charge is 2.16. The van der Waals surface area contributed by atoms with Crippen molar-refractivity contribution >= 4 is 17.7 Å². The van der Waals surface area contributed by atoms with Crippen LogP contribution in [-0.2, 0) is 4.79 Å². The third-order valence-electron chi connectivity index (χ3n) is 3.39. The summed E-state index contributed by atoms with van der Waals surface area (Å²) in [4.78, 5) is 13.1. The van der Waals surface area contributed by atoms with Gasteiger partial charge < -0.3 is 14.8 Å². The number of amides is 1. The molecule has 22 heavy (non-hydrogen) atoms. The molecule has 2 aromatic carbocycles. The fourth-order valence-electron chi connectivity index (χ4n) is 2.21. The zero-order valence-electron chi connectivity index (χ0n) is 12.2. The quantitative estimate of drug-likeness (QED) is 0.859. The van der Waals surface area contributed by atoms with E-state index in [1.807, 2.05) is 55.5 Å². The second-order valence-electron chi connectivity index (χ2n) is 5.00. The summed E-state index contributed by atoms with van der Waals surface area (Å²) in [6.45, 7) is 2.22. The van der Waals surface area contributed by atoms with E-state index in [9.17, 15) is 4.79 Å². The van der Waals surface area contributed by atoms with E-state index in [1.165, 1.54) is 11.8 Å². The number of carbonyl (C=O) groups excluding carboxylic acids is 1. The molecule has 1 atom stereocenters. The van der Waals surface area contributed by atoms with Crippen LogP contribution in [0, 0.1) is 0 Å². The van der Waals surface area contributed by atoms with Gasteiger partial charge in [0.1, 0.15) is 0 Å². The molecule has 4 nitrogen and oxygen atoms in total. The lowest BCUT2D eigenvalue weighted by Gasteiger charge is -2.14.